The maximum absolute atomic E-state index is 10.3. The zero-order valence-electron chi connectivity index (χ0n) is 10.6. The lowest BCUT2D eigenvalue weighted by Crippen LogP contribution is -2.13. The first-order valence-corrected chi connectivity index (χ1v) is 7.45. The van der Waals surface area contributed by atoms with Gasteiger partial charge in [-0.2, -0.15) is 5.10 Å². The van der Waals surface area contributed by atoms with Crippen LogP contribution in [0.4, 0.5) is 0 Å². The van der Waals surface area contributed by atoms with Crippen molar-refractivity contribution in [2.45, 2.75) is 32.4 Å². The summed E-state index contributed by atoms with van der Waals surface area (Å²) in [5.41, 5.74) is 0.599. The van der Waals surface area contributed by atoms with Crippen molar-refractivity contribution < 1.29 is 5.11 Å². The molecule has 5 nitrogen and oxygen atoms in total. The molecule has 2 aromatic rings. The highest BCUT2D eigenvalue weighted by atomic mass is 79.9. The first kappa shape index (κ1) is 14.6. The molecule has 0 amide bonds. The Morgan fingerprint density at radius 3 is 2.68 bits per heavy atom. The molecule has 0 spiro atoms. The van der Waals surface area contributed by atoms with Gasteiger partial charge in [-0.25, -0.2) is 9.67 Å². The highest BCUT2D eigenvalue weighted by Gasteiger charge is 2.18. The normalized spacial score (nSPS) is 12.9. The Hall–Kier alpha value is -0.790. The minimum absolute atomic E-state index is 0.214. The Balaban J connectivity index is 2.21. The maximum Gasteiger partial charge on any atom is 0.138 e. The maximum atomic E-state index is 10.3. The van der Waals surface area contributed by atoms with E-state index >= 15 is 0 Å². The molecule has 1 N–H and O–H groups in total. The van der Waals surface area contributed by atoms with E-state index in [0.717, 1.165) is 14.8 Å². The number of aromatic nitrogens is 4. The fraction of sp³-hybridized carbons (Fsp3) is 0.417. The van der Waals surface area contributed by atoms with Gasteiger partial charge in [-0.05, 0) is 51.8 Å². The molecule has 0 aromatic carbocycles. The molecule has 0 aliphatic carbocycles. The van der Waals surface area contributed by atoms with E-state index in [1.54, 1.807) is 10.9 Å². The van der Waals surface area contributed by atoms with E-state index in [0.29, 0.717) is 12.1 Å². The van der Waals surface area contributed by atoms with Crippen LogP contribution in [0.15, 0.2) is 27.5 Å². The van der Waals surface area contributed by atoms with Crippen LogP contribution in [0.3, 0.4) is 0 Å². The molecule has 0 radical (unpaired) electrons. The van der Waals surface area contributed by atoms with Crippen LogP contribution < -0.4 is 0 Å². The second kappa shape index (κ2) is 6.11. The zero-order chi connectivity index (χ0) is 14.0. The van der Waals surface area contributed by atoms with Crippen LogP contribution in [0.2, 0.25) is 0 Å². The van der Waals surface area contributed by atoms with Gasteiger partial charge in [-0.15, -0.1) is 0 Å². The number of pyridine rings is 1. The Labute approximate surface area is 128 Å². The predicted molar refractivity (Wildman–Crippen MR) is 78.7 cm³/mol. The van der Waals surface area contributed by atoms with Crippen molar-refractivity contribution in [3.05, 3.63) is 39.1 Å². The average Bonchev–Trinajstić information content (AvgIpc) is 2.76. The summed E-state index contributed by atoms with van der Waals surface area (Å²) in [4.78, 5) is 8.42. The van der Waals surface area contributed by atoms with Gasteiger partial charge in [0.1, 0.15) is 18.3 Å². The van der Waals surface area contributed by atoms with Crippen molar-refractivity contribution in [3.8, 4) is 0 Å². The standard InChI is InChI=1S/C12H14Br2N4O/c1-7(2)18-11(16-6-17-18)4-10(19)12-9(14)3-8(13)5-15-12/h3,5-7,10,19H,4H2,1-2H3. The van der Waals surface area contributed by atoms with Crippen molar-refractivity contribution in [1.82, 2.24) is 19.7 Å². The fourth-order valence-electron chi connectivity index (χ4n) is 1.79. The summed E-state index contributed by atoms with van der Waals surface area (Å²) in [7, 11) is 0. The van der Waals surface area contributed by atoms with Crippen LogP contribution in [0.1, 0.15) is 37.5 Å². The van der Waals surface area contributed by atoms with E-state index < -0.39 is 6.10 Å². The lowest BCUT2D eigenvalue weighted by atomic mass is 10.1. The van der Waals surface area contributed by atoms with E-state index in [1.807, 2.05) is 19.9 Å². The summed E-state index contributed by atoms with van der Waals surface area (Å²) < 4.78 is 3.43. The van der Waals surface area contributed by atoms with Crippen molar-refractivity contribution in [2.24, 2.45) is 0 Å². The molecule has 0 saturated carbocycles. The Morgan fingerprint density at radius 1 is 1.32 bits per heavy atom. The average molecular weight is 390 g/mol. The second-order valence-electron chi connectivity index (χ2n) is 4.46. The quantitative estimate of drug-likeness (QED) is 0.872. The van der Waals surface area contributed by atoms with Gasteiger partial charge in [0.15, 0.2) is 0 Å². The molecule has 7 heteroatoms. The van der Waals surface area contributed by atoms with Crippen molar-refractivity contribution in [1.29, 1.82) is 0 Å². The molecule has 2 aromatic heterocycles. The lowest BCUT2D eigenvalue weighted by Gasteiger charge is -2.14. The fourth-order valence-corrected chi connectivity index (χ4v) is 3.04. The molecule has 0 aliphatic heterocycles. The number of hydrogen-bond donors (Lipinski definition) is 1. The lowest BCUT2D eigenvalue weighted by molar-refractivity contribution is 0.167. The predicted octanol–water partition coefficient (Wildman–Crippen LogP) is 3.06. The molecule has 0 bridgehead atoms. The second-order valence-corrected chi connectivity index (χ2v) is 6.23. The Morgan fingerprint density at radius 2 is 2.05 bits per heavy atom. The van der Waals surface area contributed by atoms with Crippen molar-refractivity contribution in [2.75, 3.05) is 0 Å². The molecule has 102 valence electrons. The monoisotopic (exact) mass is 388 g/mol. The van der Waals surface area contributed by atoms with E-state index in [1.165, 1.54) is 6.33 Å². The van der Waals surface area contributed by atoms with Gasteiger partial charge in [0.2, 0.25) is 0 Å². The minimum atomic E-state index is -0.718. The summed E-state index contributed by atoms with van der Waals surface area (Å²) in [5.74, 6) is 0.749. The van der Waals surface area contributed by atoms with E-state index in [2.05, 4.69) is 46.9 Å². The SMILES string of the molecule is CC(C)n1ncnc1CC(O)c1ncc(Br)cc1Br. The summed E-state index contributed by atoms with van der Waals surface area (Å²) >= 11 is 6.74. The summed E-state index contributed by atoms with van der Waals surface area (Å²) in [6.45, 7) is 4.05. The van der Waals surface area contributed by atoms with Gasteiger partial charge in [-0.1, -0.05) is 0 Å². The third kappa shape index (κ3) is 3.40. The van der Waals surface area contributed by atoms with Gasteiger partial charge in [0, 0.05) is 27.6 Å². The summed E-state index contributed by atoms with van der Waals surface area (Å²) in [5, 5.41) is 14.4. The highest BCUT2D eigenvalue weighted by molar-refractivity contribution is 9.11. The number of aliphatic hydroxyl groups is 1. The molecular weight excluding hydrogens is 376 g/mol. The van der Waals surface area contributed by atoms with Crippen LogP contribution in [0.5, 0.6) is 0 Å². The van der Waals surface area contributed by atoms with Crippen molar-refractivity contribution >= 4 is 31.9 Å². The minimum Gasteiger partial charge on any atom is -0.386 e. The zero-order valence-corrected chi connectivity index (χ0v) is 13.8. The van der Waals surface area contributed by atoms with Gasteiger partial charge < -0.3 is 5.11 Å². The smallest absolute Gasteiger partial charge is 0.138 e. The number of hydrogen-bond acceptors (Lipinski definition) is 4. The molecule has 0 aliphatic rings. The van der Waals surface area contributed by atoms with Crippen molar-refractivity contribution in [3.63, 3.8) is 0 Å². The molecular formula is C12H14Br2N4O. The largest absolute Gasteiger partial charge is 0.386 e. The molecule has 0 fully saturated rings. The van der Waals surface area contributed by atoms with E-state index in [-0.39, 0.29) is 6.04 Å². The third-order valence-electron chi connectivity index (χ3n) is 2.66. The molecule has 0 saturated heterocycles. The number of halogens is 2. The number of nitrogens with zero attached hydrogens (tertiary/aromatic N) is 4. The van der Waals surface area contributed by atoms with E-state index in [4.69, 9.17) is 0 Å². The molecule has 2 heterocycles. The van der Waals surface area contributed by atoms with Gasteiger partial charge >= 0.3 is 0 Å². The van der Waals surface area contributed by atoms with Crippen LogP contribution in [0, 0.1) is 0 Å². The first-order chi connectivity index (χ1) is 8.99. The molecule has 1 atom stereocenters. The Bertz CT molecular complexity index is 571. The van der Waals surface area contributed by atoms with Gasteiger partial charge in [0.25, 0.3) is 0 Å². The number of rotatable bonds is 4. The van der Waals surface area contributed by atoms with Gasteiger partial charge in [0.05, 0.1) is 5.69 Å². The van der Waals surface area contributed by atoms with E-state index in [9.17, 15) is 5.11 Å². The number of aliphatic hydroxyl groups excluding tert-OH is 1. The van der Waals surface area contributed by atoms with Crippen LogP contribution in [0.25, 0.3) is 0 Å². The van der Waals surface area contributed by atoms with Crippen LogP contribution in [-0.4, -0.2) is 24.9 Å². The third-order valence-corrected chi connectivity index (χ3v) is 3.73. The Kier molecular flexibility index (Phi) is 4.70. The molecule has 2 rings (SSSR count). The highest BCUT2D eigenvalue weighted by Crippen LogP contribution is 2.26. The van der Waals surface area contributed by atoms with Gasteiger partial charge in [-0.3, -0.25) is 4.98 Å². The van der Waals surface area contributed by atoms with Crippen LogP contribution in [-0.2, 0) is 6.42 Å². The molecule has 1 unspecified atom stereocenters. The summed E-state index contributed by atoms with van der Waals surface area (Å²) in [6.07, 6.45) is 2.83. The summed E-state index contributed by atoms with van der Waals surface area (Å²) in [6, 6.07) is 2.07. The van der Waals surface area contributed by atoms with Crippen LogP contribution >= 0.6 is 31.9 Å². The molecule has 19 heavy (non-hydrogen) atoms. The topological polar surface area (TPSA) is 63.8 Å². The first-order valence-electron chi connectivity index (χ1n) is 5.86.